The van der Waals surface area contributed by atoms with Gasteiger partial charge in [0.1, 0.15) is 6.54 Å². The smallest absolute Gasteiger partial charge is 0.325 e. The van der Waals surface area contributed by atoms with Gasteiger partial charge in [-0.15, -0.1) is 0 Å². The van der Waals surface area contributed by atoms with Crippen molar-refractivity contribution in [2.24, 2.45) is 0 Å². The summed E-state index contributed by atoms with van der Waals surface area (Å²) in [5, 5.41) is 2.93. The summed E-state index contributed by atoms with van der Waals surface area (Å²) in [7, 11) is 0. The molecule has 1 N–H and O–H groups in total. The highest BCUT2D eigenvalue weighted by Gasteiger charge is 2.53. The first kappa shape index (κ1) is 21.1. The highest BCUT2D eigenvalue weighted by Crippen LogP contribution is 2.33. The maximum absolute atomic E-state index is 13.7. The number of urea groups is 1. The Morgan fingerprint density at radius 3 is 2.16 bits per heavy atom. The highest BCUT2D eigenvalue weighted by molar-refractivity contribution is 6.09. The highest BCUT2D eigenvalue weighted by atomic mass is 16.2. The van der Waals surface area contributed by atoms with Gasteiger partial charge in [0.15, 0.2) is 5.54 Å². The normalized spacial score (nSPS) is 26.1. The number of likely N-dealkylation sites (tertiary alicyclic amines) is 1. The van der Waals surface area contributed by atoms with E-state index in [2.05, 4.69) is 5.32 Å². The molecule has 6 heteroatoms. The molecule has 2 aromatic rings. The maximum Gasteiger partial charge on any atom is 0.325 e. The monoisotopic (exact) mass is 419 g/mol. The first-order chi connectivity index (χ1) is 14.9. The Morgan fingerprint density at radius 2 is 1.55 bits per heavy atom. The van der Waals surface area contributed by atoms with Crippen molar-refractivity contribution in [3.63, 3.8) is 0 Å². The first-order valence-electron chi connectivity index (χ1n) is 11.0. The molecule has 6 nitrogen and oxygen atoms in total. The quantitative estimate of drug-likeness (QED) is 0.755. The molecule has 0 aromatic heterocycles. The van der Waals surface area contributed by atoms with E-state index in [1.165, 1.54) is 0 Å². The summed E-state index contributed by atoms with van der Waals surface area (Å²) >= 11 is 0. The predicted octanol–water partition coefficient (Wildman–Crippen LogP) is 3.47. The second-order valence-corrected chi connectivity index (χ2v) is 8.69. The van der Waals surface area contributed by atoms with Gasteiger partial charge in [-0.05, 0) is 44.2 Å². The fraction of sp³-hybridized carbons (Fsp3) is 0.400. The van der Waals surface area contributed by atoms with E-state index in [0.29, 0.717) is 12.0 Å². The lowest BCUT2D eigenvalue weighted by atomic mass is 9.83. The van der Waals surface area contributed by atoms with Crippen molar-refractivity contribution in [3.8, 4) is 0 Å². The van der Waals surface area contributed by atoms with Gasteiger partial charge < -0.3 is 10.2 Å². The molecule has 4 amide bonds. The van der Waals surface area contributed by atoms with Crippen molar-refractivity contribution in [1.29, 1.82) is 0 Å². The van der Waals surface area contributed by atoms with Crippen LogP contribution in [0, 0.1) is 0 Å². The molecule has 2 fully saturated rings. The van der Waals surface area contributed by atoms with Crippen LogP contribution in [-0.2, 0) is 21.5 Å². The number of carbonyl (C=O) groups is 3. The van der Waals surface area contributed by atoms with Gasteiger partial charge in [0.25, 0.3) is 5.91 Å². The summed E-state index contributed by atoms with van der Waals surface area (Å²) < 4.78 is 0. The van der Waals surface area contributed by atoms with Gasteiger partial charge in [-0.3, -0.25) is 14.5 Å². The molecule has 0 aliphatic carbocycles. The third kappa shape index (κ3) is 3.94. The zero-order valence-electron chi connectivity index (χ0n) is 18.1. The Morgan fingerprint density at radius 1 is 0.968 bits per heavy atom. The third-order valence-corrected chi connectivity index (χ3v) is 6.53. The van der Waals surface area contributed by atoms with E-state index in [1.807, 2.05) is 79.4 Å². The van der Waals surface area contributed by atoms with Crippen molar-refractivity contribution in [2.75, 3.05) is 6.54 Å². The van der Waals surface area contributed by atoms with Crippen LogP contribution in [0.25, 0.3) is 0 Å². The van der Waals surface area contributed by atoms with Gasteiger partial charge in [-0.25, -0.2) is 4.79 Å². The van der Waals surface area contributed by atoms with E-state index < -0.39 is 11.6 Å². The van der Waals surface area contributed by atoms with Crippen molar-refractivity contribution in [2.45, 2.75) is 57.2 Å². The second kappa shape index (κ2) is 8.53. The van der Waals surface area contributed by atoms with Gasteiger partial charge in [0.05, 0.1) is 0 Å². The number of carbonyl (C=O) groups excluding carboxylic acids is 3. The lowest BCUT2D eigenvalue weighted by Crippen LogP contribution is -2.52. The van der Waals surface area contributed by atoms with E-state index in [-0.39, 0.29) is 30.4 Å². The molecule has 162 valence electrons. The van der Waals surface area contributed by atoms with Gasteiger partial charge in [-0.2, -0.15) is 0 Å². The van der Waals surface area contributed by atoms with Gasteiger partial charge in [0.2, 0.25) is 5.91 Å². The molecule has 2 aromatic carbocycles. The lowest BCUT2D eigenvalue weighted by Gasteiger charge is -2.39. The Labute approximate surface area is 183 Å². The Hall–Kier alpha value is -3.15. The molecule has 2 aliphatic rings. The topological polar surface area (TPSA) is 69.7 Å². The molecular weight excluding hydrogens is 390 g/mol. The molecule has 3 atom stereocenters. The van der Waals surface area contributed by atoms with Crippen LogP contribution in [0.3, 0.4) is 0 Å². The van der Waals surface area contributed by atoms with E-state index in [0.717, 1.165) is 29.7 Å². The predicted molar refractivity (Wildman–Crippen MR) is 118 cm³/mol. The lowest BCUT2D eigenvalue weighted by molar-refractivity contribution is -0.143. The SMILES string of the molecule is CC1CCCC(C)N1C(=O)CN1C(=O)NC(Cc2ccccc2)(c2ccccc2)C1=O. The van der Waals surface area contributed by atoms with E-state index in [4.69, 9.17) is 0 Å². The number of hydrogen-bond acceptors (Lipinski definition) is 3. The Balaban J connectivity index is 1.63. The van der Waals surface area contributed by atoms with Crippen LogP contribution >= 0.6 is 0 Å². The summed E-state index contributed by atoms with van der Waals surface area (Å²) in [4.78, 5) is 42.7. The fourth-order valence-electron chi connectivity index (χ4n) is 4.94. The van der Waals surface area contributed by atoms with E-state index >= 15 is 0 Å². The number of rotatable bonds is 5. The van der Waals surface area contributed by atoms with Crippen molar-refractivity contribution in [3.05, 3.63) is 71.8 Å². The fourth-order valence-corrected chi connectivity index (χ4v) is 4.94. The Bertz CT molecular complexity index is 952. The third-order valence-electron chi connectivity index (χ3n) is 6.53. The van der Waals surface area contributed by atoms with Crippen LogP contribution < -0.4 is 5.32 Å². The molecule has 2 saturated heterocycles. The van der Waals surface area contributed by atoms with E-state index in [1.54, 1.807) is 0 Å². The first-order valence-corrected chi connectivity index (χ1v) is 11.0. The molecule has 31 heavy (non-hydrogen) atoms. The number of hydrogen-bond donors (Lipinski definition) is 1. The molecule has 4 rings (SSSR count). The van der Waals surface area contributed by atoms with Crippen LogP contribution in [0.15, 0.2) is 60.7 Å². The van der Waals surface area contributed by atoms with Crippen LogP contribution in [0.4, 0.5) is 4.79 Å². The molecule has 0 saturated carbocycles. The minimum absolute atomic E-state index is 0.111. The number of imide groups is 1. The molecule has 0 bridgehead atoms. The second-order valence-electron chi connectivity index (χ2n) is 8.69. The number of nitrogens with one attached hydrogen (secondary N) is 1. The summed E-state index contributed by atoms with van der Waals surface area (Å²) in [6.45, 7) is 3.83. The average molecular weight is 420 g/mol. The number of nitrogens with zero attached hydrogens (tertiary/aromatic N) is 2. The number of amides is 4. The summed E-state index contributed by atoms with van der Waals surface area (Å²) in [6.07, 6.45) is 3.30. The minimum atomic E-state index is -1.22. The van der Waals surface area contributed by atoms with Crippen molar-refractivity contribution in [1.82, 2.24) is 15.1 Å². The summed E-state index contributed by atoms with van der Waals surface area (Å²) in [5.41, 5.74) is 0.428. The molecule has 3 unspecified atom stereocenters. The van der Waals surface area contributed by atoms with Crippen LogP contribution in [-0.4, -0.2) is 46.3 Å². The Kier molecular flexibility index (Phi) is 5.81. The molecule has 0 radical (unpaired) electrons. The van der Waals surface area contributed by atoms with Crippen molar-refractivity contribution < 1.29 is 14.4 Å². The van der Waals surface area contributed by atoms with Crippen LogP contribution in [0.1, 0.15) is 44.2 Å². The summed E-state index contributed by atoms with van der Waals surface area (Å²) in [6, 6.07) is 18.6. The zero-order chi connectivity index (χ0) is 22.0. The zero-order valence-corrected chi connectivity index (χ0v) is 18.1. The largest absolute Gasteiger partial charge is 0.336 e. The molecule has 0 spiro atoms. The van der Waals surface area contributed by atoms with E-state index in [9.17, 15) is 14.4 Å². The van der Waals surface area contributed by atoms with Gasteiger partial charge in [0, 0.05) is 18.5 Å². The standard InChI is InChI=1S/C25H29N3O3/c1-18-10-9-11-19(2)28(18)22(29)17-27-23(30)25(26-24(27)31,21-14-7-4-8-15-21)16-20-12-5-3-6-13-20/h3-8,12-15,18-19H,9-11,16-17H2,1-2H3,(H,26,31). The summed E-state index contributed by atoms with van der Waals surface area (Å²) in [5.74, 6) is -0.551. The minimum Gasteiger partial charge on any atom is -0.336 e. The number of piperidine rings is 1. The van der Waals surface area contributed by atoms with Crippen LogP contribution in [0.5, 0.6) is 0 Å². The van der Waals surface area contributed by atoms with Gasteiger partial charge in [-0.1, -0.05) is 60.7 Å². The van der Waals surface area contributed by atoms with Crippen molar-refractivity contribution >= 4 is 17.8 Å². The average Bonchev–Trinajstić information content (AvgIpc) is 3.00. The maximum atomic E-state index is 13.7. The molecule has 2 aliphatic heterocycles. The molecule has 2 heterocycles. The van der Waals surface area contributed by atoms with Crippen LogP contribution in [0.2, 0.25) is 0 Å². The number of benzene rings is 2. The molecular formula is C25H29N3O3. The van der Waals surface area contributed by atoms with Gasteiger partial charge >= 0.3 is 6.03 Å².